The first-order chi connectivity index (χ1) is 11.9. The highest BCUT2D eigenvalue weighted by Gasteiger charge is 2.15. The van der Waals surface area contributed by atoms with E-state index in [-0.39, 0.29) is 24.3 Å². The summed E-state index contributed by atoms with van der Waals surface area (Å²) in [4.78, 5) is 24.1. The molecule has 5 N–H and O–H groups in total. The molecule has 0 spiro atoms. The Bertz CT molecular complexity index is 722. The number of carbonyl (C=O) groups is 2. The van der Waals surface area contributed by atoms with Gasteiger partial charge in [-0.3, -0.25) is 4.79 Å². The lowest BCUT2D eigenvalue weighted by Crippen LogP contribution is -2.36. The molecule has 140 valence electrons. The molecule has 0 bridgehead atoms. The van der Waals surface area contributed by atoms with Crippen molar-refractivity contribution in [1.29, 1.82) is 0 Å². The third-order valence-electron chi connectivity index (χ3n) is 3.48. The number of rotatable bonds is 6. The molecule has 0 aromatic heterocycles. The van der Waals surface area contributed by atoms with Gasteiger partial charge in [-0.05, 0) is 42.7 Å². The summed E-state index contributed by atoms with van der Waals surface area (Å²) >= 11 is 0. The maximum atomic E-state index is 12.1. The number of hydrogen-bond acceptors (Lipinski definition) is 3. The number of nitrogens with two attached hydrogens (primary N) is 1. The lowest BCUT2D eigenvalue weighted by atomic mass is 10.0. The van der Waals surface area contributed by atoms with E-state index in [9.17, 15) is 9.59 Å². The number of anilines is 3. The average molecular weight is 377 g/mol. The summed E-state index contributed by atoms with van der Waals surface area (Å²) in [5.41, 5.74) is 7.73. The average Bonchev–Trinajstić information content (AvgIpc) is 2.55. The van der Waals surface area contributed by atoms with Crippen molar-refractivity contribution < 1.29 is 9.59 Å². The lowest BCUT2D eigenvalue weighted by Gasteiger charge is -2.15. The van der Waals surface area contributed by atoms with E-state index in [0.717, 1.165) is 0 Å². The van der Waals surface area contributed by atoms with Crippen LogP contribution in [0.4, 0.5) is 21.9 Å². The number of para-hydroxylation sites is 1. The van der Waals surface area contributed by atoms with Crippen molar-refractivity contribution in [3.63, 3.8) is 0 Å². The van der Waals surface area contributed by atoms with E-state index in [0.29, 0.717) is 29.4 Å². The monoisotopic (exact) mass is 376 g/mol. The molecular formula is C19H25ClN4O2. The summed E-state index contributed by atoms with van der Waals surface area (Å²) in [7, 11) is 0. The number of carbonyl (C=O) groups excluding carboxylic acids is 2. The highest BCUT2D eigenvalue weighted by Crippen LogP contribution is 2.16. The molecule has 26 heavy (non-hydrogen) atoms. The van der Waals surface area contributed by atoms with Crippen LogP contribution in [0.15, 0.2) is 54.6 Å². The number of nitrogens with one attached hydrogen (secondary N) is 3. The zero-order chi connectivity index (χ0) is 18.2. The van der Waals surface area contributed by atoms with Gasteiger partial charge in [0.15, 0.2) is 0 Å². The maximum Gasteiger partial charge on any atom is 0.323 e. The van der Waals surface area contributed by atoms with Crippen LogP contribution in [-0.4, -0.2) is 18.0 Å². The Morgan fingerprint density at radius 1 is 0.885 bits per heavy atom. The van der Waals surface area contributed by atoms with Gasteiger partial charge in [0.05, 0.1) is 6.04 Å². The SMILES string of the molecule is CC(C)C[C@H](N)C(=O)Nc1cccc(NC(=O)Nc2ccccc2)c1.Cl. The van der Waals surface area contributed by atoms with Crippen molar-refractivity contribution >= 4 is 41.4 Å². The van der Waals surface area contributed by atoms with Gasteiger partial charge in [0.25, 0.3) is 0 Å². The Balaban J connectivity index is 0.00000338. The molecule has 2 rings (SSSR count). The van der Waals surface area contributed by atoms with Gasteiger partial charge in [0.1, 0.15) is 0 Å². The molecule has 0 heterocycles. The van der Waals surface area contributed by atoms with Crippen molar-refractivity contribution in [3.05, 3.63) is 54.6 Å². The number of halogens is 1. The minimum atomic E-state index is -0.557. The molecule has 6 nitrogen and oxygen atoms in total. The first-order valence-electron chi connectivity index (χ1n) is 8.23. The van der Waals surface area contributed by atoms with Crippen molar-refractivity contribution in [2.45, 2.75) is 26.3 Å². The first-order valence-corrected chi connectivity index (χ1v) is 8.23. The van der Waals surface area contributed by atoms with Crippen molar-refractivity contribution in [2.24, 2.45) is 11.7 Å². The fourth-order valence-corrected chi connectivity index (χ4v) is 2.34. The van der Waals surface area contributed by atoms with E-state index in [1.165, 1.54) is 0 Å². The smallest absolute Gasteiger partial charge is 0.323 e. The van der Waals surface area contributed by atoms with Gasteiger partial charge < -0.3 is 21.7 Å². The van der Waals surface area contributed by atoms with Gasteiger partial charge in [-0.15, -0.1) is 12.4 Å². The Morgan fingerprint density at radius 3 is 2.04 bits per heavy atom. The number of amides is 3. The van der Waals surface area contributed by atoms with Crippen LogP contribution in [0.2, 0.25) is 0 Å². The number of hydrogen-bond donors (Lipinski definition) is 4. The van der Waals surface area contributed by atoms with Gasteiger partial charge >= 0.3 is 6.03 Å². The normalized spacial score (nSPS) is 11.2. The molecule has 0 aliphatic carbocycles. The molecule has 2 aromatic carbocycles. The van der Waals surface area contributed by atoms with E-state index in [1.54, 1.807) is 36.4 Å². The third kappa shape index (κ3) is 7.13. The van der Waals surface area contributed by atoms with Crippen molar-refractivity contribution in [1.82, 2.24) is 0 Å². The predicted octanol–water partition coefficient (Wildman–Crippen LogP) is 4.06. The second-order valence-electron chi connectivity index (χ2n) is 6.25. The van der Waals surface area contributed by atoms with Crippen LogP contribution in [0, 0.1) is 5.92 Å². The molecule has 0 radical (unpaired) electrons. The Morgan fingerprint density at radius 2 is 1.42 bits per heavy atom. The van der Waals surface area contributed by atoms with Gasteiger partial charge in [-0.25, -0.2) is 4.79 Å². The molecule has 0 saturated heterocycles. The summed E-state index contributed by atoms with van der Waals surface area (Å²) in [6.07, 6.45) is 0.614. The topological polar surface area (TPSA) is 96.2 Å². The minimum Gasteiger partial charge on any atom is -0.325 e. The summed E-state index contributed by atoms with van der Waals surface area (Å²) in [5, 5.41) is 8.24. The maximum absolute atomic E-state index is 12.1. The largest absolute Gasteiger partial charge is 0.325 e. The van der Waals surface area contributed by atoms with Crippen molar-refractivity contribution in [3.8, 4) is 0 Å². The van der Waals surface area contributed by atoms with Crippen LogP contribution < -0.4 is 21.7 Å². The van der Waals surface area contributed by atoms with Crippen molar-refractivity contribution in [2.75, 3.05) is 16.0 Å². The molecule has 7 heteroatoms. The molecule has 0 fully saturated rings. The molecule has 3 amide bonds. The molecule has 1 atom stereocenters. The summed E-state index contributed by atoms with van der Waals surface area (Å²) in [6.45, 7) is 4.03. The van der Waals surface area contributed by atoms with Gasteiger partial charge in [0.2, 0.25) is 5.91 Å². The second-order valence-corrected chi connectivity index (χ2v) is 6.25. The van der Waals surface area contributed by atoms with Gasteiger partial charge in [-0.2, -0.15) is 0 Å². The van der Waals surface area contributed by atoms with Crippen LogP contribution in [0.25, 0.3) is 0 Å². The zero-order valence-electron chi connectivity index (χ0n) is 14.9. The summed E-state index contributed by atoms with van der Waals surface area (Å²) < 4.78 is 0. The molecule has 0 unspecified atom stereocenters. The first kappa shape index (κ1) is 21.5. The van der Waals surface area contributed by atoms with Crippen LogP contribution in [0.3, 0.4) is 0 Å². The third-order valence-corrected chi connectivity index (χ3v) is 3.48. The molecule has 2 aromatic rings. The standard InChI is InChI=1S/C19H24N4O2.ClH/c1-13(2)11-17(20)18(24)21-15-9-6-10-16(12-15)23-19(25)22-14-7-4-3-5-8-14;/h3-10,12-13,17H,11,20H2,1-2H3,(H,21,24)(H2,22,23,25);1H/t17-;/m0./s1. The van der Waals surface area contributed by atoms with E-state index in [2.05, 4.69) is 16.0 Å². The van der Waals surface area contributed by atoms with Crippen LogP contribution in [0.5, 0.6) is 0 Å². The second kappa shape index (κ2) is 10.4. The Labute approximate surface area is 160 Å². The van der Waals surface area contributed by atoms with Crippen LogP contribution in [-0.2, 0) is 4.79 Å². The summed E-state index contributed by atoms with van der Waals surface area (Å²) in [6, 6.07) is 15.2. The van der Waals surface area contributed by atoms with E-state index in [4.69, 9.17) is 5.73 Å². The van der Waals surface area contributed by atoms with E-state index < -0.39 is 6.04 Å². The van der Waals surface area contributed by atoms with E-state index >= 15 is 0 Å². The molecular weight excluding hydrogens is 352 g/mol. The lowest BCUT2D eigenvalue weighted by molar-refractivity contribution is -0.117. The van der Waals surface area contributed by atoms with E-state index in [1.807, 2.05) is 32.0 Å². The number of benzene rings is 2. The molecule has 0 saturated carbocycles. The van der Waals surface area contributed by atoms with Crippen LogP contribution >= 0.6 is 12.4 Å². The minimum absolute atomic E-state index is 0. The highest BCUT2D eigenvalue weighted by atomic mass is 35.5. The predicted molar refractivity (Wildman–Crippen MR) is 109 cm³/mol. The highest BCUT2D eigenvalue weighted by molar-refractivity contribution is 6.00. The quantitative estimate of drug-likeness (QED) is 0.612. The van der Waals surface area contributed by atoms with Gasteiger partial charge in [-0.1, -0.05) is 38.1 Å². The Hall–Kier alpha value is -2.57. The summed E-state index contributed by atoms with van der Waals surface area (Å²) in [5.74, 6) is 0.107. The zero-order valence-corrected chi connectivity index (χ0v) is 15.7. The number of urea groups is 1. The molecule has 0 aliphatic heterocycles. The fourth-order valence-electron chi connectivity index (χ4n) is 2.34. The Kier molecular flexibility index (Phi) is 8.61. The fraction of sp³-hybridized carbons (Fsp3) is 0.263. The van der Waals surface area contributed by atoms with Gasteiger partial charge in [0, 0.05) is 17.1 Å². The van der Waals surface area contributed by atoms with Crippen LogP contribution in [0.1, 0.15) is 20.3 Å². The molecule has 0 aliphatic rings.